The van der Waals surface area contributed by atoms with Crippen molar-refractivity contribution in [2.75, 3.05) is 32.7 Å². The van der Waals surface area contributed by atoms with Crippen LogP contribution in [0.3, 0.4) is 0 Å². The maximum Gasteiger partial charge on any atom is 0.244 e. The van der Waals surface area contributed by atoms with Crippen LogP contribution in [0.25, 0.3) is 0 Å². The minimum Gasteiger partial charge on any atom is -0.357 e. The Hall–Kier alpha value is -1.26. The zero-order chi connectivity index (χ0) is 13.9. The first kappa shape index (κ1) is 15.8. The van der Waals surface area contributed by atoms with E-state index in [1.54, 1.807) is 0 Å². The van der Waals surface area contributed by atoms with Gasteiger partial charge in [0.25, 0.3) is 0 Å². The molecule has 19 heavy (non-hydrogen) atoms. The van der Waals surface area contributed by atoms with E-state index in [-0.39, 0.29) is 12.5 Å². The van der Waals surface area contributed by atoms with Gasteiger partial charge in [-0.1, -0.05) is 19.8 Å². The van der Waals surface area contributed by atoms with E-state index in [1.807, 2.05) is 11.8 Å². The molecule has 1 fully saturated rings. The van der Waals surface area contributed by atoms with Gasteiger partial charge < -0.3 is 15.5 Å². The molecule has 1 heterocycles. The number of unbranched alkanes of at least 4 members (excludes halogenated alkanes) is 2. The van der Waals surface area contributed by atoms with Crippen LogP contribution in [-0.2, 0) is 4.79 Å². The van der Waals surface area contributed by atoms with Crippen LogP contribution >= 0.6 is 0 Å². The van der Waals surface area contributed by atoms with Gasteiger partial charge in [0.15, 0.2) is 5.96 Å². The van der Waals surface area contributed by atoms with Gasteiger partial charge in [-0.05, 0) is 26.2 Å². The second kappa shape index (κ2) is 9.64. The lowest BCUT2D eigenvalue weighted by atomic mass is 10.2. The number of guanidine groups is 1. The fraction of sp³-hybridized carbons (Fsp3) is 0.857. The van der Waals surface area contributed by atoms with Gasteiger partial charge in [0.1, 0.15) is 6.54 Å². The Morgan fingerprint density at radius 1 is 1.16 bits per heavy atom. The van der Waals surface area contributed by atoms with Crippen molar-refractivity contribution >= 4 is 11.9 Å². The van der Waals surface area contributed by atoms with Crippen molar-refractivity contribution in [3.8, 4) is 0 Å². The van der Waals surface area contributed by atoms with Crippen molar-refractivity contribution in [3.05, 3.63) is 0 Å². The average Bonchev–Trinajstić information content (AvgIpc) is 2.94. The van der Waals surface area contributed by atoms with Gasteiger partial charge in [0, 0.05) is 26.2 Å². The van der Waals surface area contributed by atoms with E-state index in [4.69, 9.17) is 0 Å². The van der Waals surface area contributed by atoms with Gasteiger partial charge in [-0.15, -0.1) is 0 Å². The monoisotopic (exact) mass is 268 g/mol. The minimum absolute atomic E-state index is 0.142. The highest BCUT2D eigenvalue weighted by Crippen LogP contribution is 2.07. The summed E-state index contributed by atoms with van der Waals surface area (Å²) in [6.07, 6.45) is 5.83. The lowest BCUT2D eigenvalue weighted by Gasteiger charge is -2.15. The van der Waals surface area contributed by atoms with Crippen LogP contribution in [0.5, 0.6) is 0 Å². The standard InChI is InChI=1S/C14H28N4O/c1-3-5-6-9-16-14(15-4-2)17-12-13(19)18-10-7-8-11-18/h3-12H2,1-2H3,(H2,15,16,17). The summed E-state index contributed by atoms with van der Waals surface area (Å²) < 4.78 is 0. The first-order valence-corrected chi connectivity index (χ1v) is 7.57. The molecule has 110 valence electrons. The number of nitrogens with one attached hydrogen (secondary N) is 2. The van der Waals surface area contributed by atoms with E-state index in [1.165, 1.54) is 12.8 Å². The average molecular weight is 268 g/mol. The molecule has 0 atom stereocenters. The molecular weight excluding hydrogens is 240 g/mol. The number of hydrogen-bond donors (Lipinski definition) is 2. The second-order valence-electron chi connectivity index (χ2n) is 4.92. The van der Waals surface area contributed by atoms with Crippen LogP contribution < -0.4 is 10.6 Å². The SMILES string of the molecule is CCCCCNC(=NCC(=O)N1CCCC1)NCC. The molecule has 0 aromatic heterocycles. The van der Waals surface area contributed by atoms with Gasteiger partial charge in [-0.2, -0.15) is 0 Å². The third-order valence-electron chi connectivity index (χ3n) is 3.25. The highest BCUT2D eigenvalue weighted by atomic mass is 16.2. The number of carbonyl (C=O) groups is 1. The van der Waals surface area contributed by atoms with Gasteiger partial charge in [0.05, 0.1) is 0 Å². The third kappa shape index (κ3) is 6.45. The van der Waals surface area contributed by atoms with E-state index in [9.17, 15) is 4.79 Å². The van der Waals surface area contributed by atoms with Crippen LogP contribution in [0.2, 0.25) is 0 Å². The normalized spacial score (nSPS) is 15.7. The van der Waals surface area contributed by atoms with Gasteiger partial charge >= 0.3 is 0 Å². The van der Waals surface area contributed by atoms with Crippen molar-refractivity contribution in [3.63, 3.8) is 0 Å². The molecule has 0 bridgehead atoms. The Bertz CT molecular complexity index is 285. The number of amides is 1. The van der Waals surface area contributed by atoms with Crippen molar-refractivity contribution < 1.29 is 4.79 Å². The van der Waals surface area contributed by atoms with Crippen LogP contribution in [0.1, 0.15) is 46.0 Å². The quantitative estimate of drug-likeness (QED) is 0.416. The molecule has 0 unspecified atom stereocenters. The molecule has 0 aromatic rings. The first-order chi connectivity index (χ1) is 9.27. The van der Waals surface area contributed by atoms with Crippen molar-refractivity contribution in [2.45, 2.75) is 46.0 Å². The number of nitrogens with zero attached hydrogens (tertiary/aromatic N) is 2. The Kier molecular flexibility index (Phi) is 8.02. The number of rotatable bonds is 7. The molecule has 1 rings (SSSR count). The summed E-state index contributed by atoms with van der Waals surface area (Å²) >= 11 is 0. The summed E-state index contributed by atoms with van der Waals surface area (Å²) in [5.41, 5.74) is 0. The number of likely N-dealkylation sites (tertiary alicyclic amines) is 1. The molecule has 1 amide bonds. The highest BCUT2D eigenvalue weighted by molar-refractivity contribution is 5.85. The lowest BCUT2D eigenvalue weighted by molar-refractivity contribution is -0.128. The summed E-state index contributed by atoms with van der Waals surface area (Å²) in [6, 6.07) is 0. The number of aliphatic imine (C=N–C) groups is 1. The predicted octanol–water partition coefficient (Wildman–Crippen LogP) is 1.35. The van der Waals surface area contributed by atoms with Crippen LogP contribution in [0.15, 0.2) is 4.99 Å². The van der Waals surface area contributed by atoms with E-state index in [0.717, 1.165) is 51.4 Å². The van der Waals surface area contributed by atoms with Crippen LogP contribution in [0, 0.1) is 0 Å². The van der Waals surface area contributed by atoms with E-state index < -0.39 is 0 Å². The molecule has 5 heteroatoms. The smallest absolute Gasteiger partial charge is 0.244 e. The molecule has 0 radical (unpaired) electrons. The molecule has 5 nitrogen and oxygen atoms in total. The van der Waals surface area contributed by atoms with Crippen molar-refractivity contribution in [1.29, 1.82) is 0 Å². The largest absolute Gasteiger partial charge is 0.357 e. The highest BCUT2D eigenvalue weighted by Gasteiger charge is 2.17. The fourth-order valence-corrected chi connectivity index (χ4v) is 2.14. The third-order valence-corrected chi connectivity index (χ3v) is 3.25. The summed E-state index contributed by atoms with van der Waals surface area (Å²) in [5, 5.41) is 6.44. The summed E-state index contributed by atoms with van der Waals surface area (Å²) in [7, 11) is 0. The van der Waals surface area contributed by atoms with Gasteiger partial charge in [-0.3, -0.25) is 4.79 Å². The molecule has 1 aliphatic heterocycles. The summed E-state index contributed by atoms with van der Waals surface area (Å²) in [5.74, 6) is 0.898. The molecular formula is C14H28N4O. The lowest BCUT2D eigenvalue weighted by Crippen LogP contribution is -2.39. The van der Waals surface area contributed by atoms with Gasteiger partial charge in [0.2, 0.25) is 5.91 Å². The second-order valence-corrected chi connectivity index (χ2v) is 4.92. The predicted molar refractivity (Wildman–Crippen MR) is 79.3 cm³/mol. The molecule has 0 spiro atoms. The van der Waals surface area contributed by atoms with E-state index >= 15 is 0 Å². The minimum atomic E-state index is 0.142. The molecule has 0 aliphatic carbocycles. The van der Waals surface area contributed by atoms with Crippen molar-refractivity contribution in [1.82, 2.24) is 15.5 Å². The Morgan fingerprint density at radius 3 is 2.53 bits per heavy atom. The van der Waals surface area contributed by atoms with E-state index in [2.05, 4.69) is 22.5 Å². The van der Waals surface area contributed by atoms with Crippen LogP contribution in [-0.4, -0.2) is 49.5 Å². The zero-order valence-electron chi connectivity index (χ0n) is 12.4. The molecule has 0 saturated carbocycles. The fourth-order valence-electron chi connectivity index (χ4n) is 2.14. The molecule has 2 N–H and O–H groups in total. The molecule has 1 saturated heterocycles. The van der Waals surface area contributed by atoms with Crippen LogP contribution in [0.4, 0.5) is 0 Å². The Labute approximate surface area is 116 Å². The van der Waals surface area contributed by atoms with Crippen molar-refractivity contribution in [2.24, 2.45) is 4.99 Å². The Balaban J connectivity index is 2.31. The van der Waals surface area contributed by atoms with Gasteiger partial charge in [-0.25, -0.2) is 4.99 Å². The summed E-state index contributed by atoms with van der Waals surface area (Å²) in [4.78, 5) is 18.2. The topological polar surface area (TPSA) is 56.7 Å². The maximum atomic E-state index is 11.9. The summed E-state index contributed by atoms with van der Waals surface area (Å²) in [6.45, 7) is 8.00. The first-order valence-electron chi connectivity index (χ1n) is 7.57. The number of carbonyl (C=O) groups excluding carboxylic acids is 1. The maximum absolute atomic E-state index is 11.9. The van der Waals surface area contributed by atoms with E-state index in [0.29, 0.717) is 0 Å². The molecule has 0 aromatic carbocycles. The number of hydrogen-bond acceptors (Lipinski definition) is 2. The zero-order valence-corrected chi connectivity index (χ0v) is 12.4. The molecule has 1 aliphatic rings. The Morgan fingerprint density at radius 2 is 1.89 bits per heavy atom.